The van der Waals surface area contributed by atoms with Crippen LogP contribution in [0.3, 0.4) is 0 Å². The third-order valence-corrected chi connectivity index (χ3v) is 6.54. The Balaban J connectivity index is 1.79. The number of amides is 2. The second-order valence-corrected chi connectivity index (χ2v) is 9.29. The highest BCUT2D eigenvalue weighted by molar-refractivity contribution is 8.04. The average molecular weight is 456 g/mol. The van der Waals surface area contributed by atoms with E-state index in [1.54, 1.807) is 30.3 Å². The van der Waals surface area contributed by atoms with E-state index in [1.807, 2.05) is 49.6 Å². The van der Waals surface area contributed by atoms with E-state index in [0.29, 0.717) is 26.9 Å². The number of para-hydroxylation sites is 2. The maximum Gasteiger partial charge on any atom is 0.273 e. The van der Waals surface area contributed by atoms with Crippen LogP contribution in [0.5, 0.6) is 5.75 Å². The number of thiophene rings is 1. The molecule has 0 atom stereocenters. The van der Waals surface area contributed by atoms with Crippen molar-refractivity contribution < 1.29 is 14.3 Å². The molecule has 0 bridgehead atoms. The minimum absolute atomic E-state index is 0.0911. The molecule has 0 fully saturated rings. The Kier molecular flexibility index (Phi) is 5.99. The zero-order valence-electron chi connectivity index (χ0n) is 16.3. The Morgan fingerprint density at radius 3 is 2.37 bits per heavy atom. The second-order valence-electron chi connectivity index (χ2n) is 6.82. The van der Waals surface area contributed by atoms with Crippen LogP contribution in [0.25, 0.3) is 5.57 Å². The number of hydrogen-bond acceptors (Lipinski definition) is 5. The van der Waals surface area contributed by atoms with Crippen LogP contribution in [0.2, 0.25) is 5.02 Å². The third kappa shape index (κ3) is 4.03. The molecule has 2 aromatic carbocycles. The molecule has 2 amide bonds. The van der Waals surface area contributed by atoms with Crippen LogP contribution < -0.4 is 9.64 Å². The van der Waals surface area contributed by atoms with Gasteiger partial charge in [-0.3, -0.25) is 9.59 Å². The molecule has 3 aromatic rings. The normalized spacial score (nSPS) is 14.2. The Bertz CT molecular complexity index is 1120. The van der Waals surface area contributed by atoms with Crippen molar-refractivity contribution in [2.45, 2.75) is 24.8 Å². The number of carbonyl (C=O) groups is 2. The number of ether oxygens (including phenoxy) is 1. The van der Waals surface area contributed by atoms with Gasteiger partial charge in [0, 0.05) is 14.8 Å². The number of hydrogen-bond donors (Lipinski definition) is 0. The topological polar surface area (TPSA) is 46.6 Å². The molecule has 0 N–H and O–H groups in total. The molecule has 1 aliphatic rings. The van der Waals surface area contributed by atoms with E-state index in [4.69, 9.17) is 16.3 Å². The first kappa shape index (κ1) is 20.7. The van der Waals surface area contributed by atoms with Crippen molar-refractivity contribution in [1.82, 2.24) is 0 Å². The van der Waals surface area contributed by atoms with Crippen LogP contribution in [0.15, 0.2) is 75.8 Å². The molecule has 4 nitrogen and oxygen atoms in total. The van der Waals surface area contributed by atoms with Crippen molar-refractivity contribution in [2.75, 3.05) is 4.90 Å². The SMILES string of the molecule is CC(C)Oc1ccccc1N1C(=O)C(Sc2ccc(Cl)cc2)=C(c2cccs2)C1=O. The predicted molar refractivity (Wildman–Crippen MR) is 123 cm³/mol. The number of carbonyl (C=O) groups excluding carboxylic acids is 2. The molecule has 1 aliphatic heterocycles. The summed E-state index contributed by atoms with van der Waals surface area (Å²) in [7, 11) is 0. The lowest BCUT2D eigenvalue weighted by Crippen LogP contribution is -2.31. The van der Waals surface area contributed by atoms with Crippen molar-refractivity contribution in [2.24, 2.45) is 0 Å². The first-order chi connectivity index (χ1) is 14.5. The van der Waals surface area contributed by atoms with Gasteiger partial charge in [0.2, 0.25) is 0 Å². The van der Waals surface area contributed by atoms with Crippen LogP contribution in [0, 0.1) is 0 Å². The molecule has 0 spiro atoms. The molecule has 0 saturated heterocycles. The summed E-state index contributed by atoms with van der Waals surface area (Å²) in [5.74, 6) is -0.209. The van der Waals surface area contributed by atoms with Crippen molar-refractivity contribution >= 4 is 57.8 Å². The van der Waals surface area contributed by atoms with Gasteiger partial charge in [-0.25, -0.2) is 4.90 Å². The number of halogens is 1. The molecular formula is C23H18ClNO3S2. The smallest absolute Gasteiger partial charge is 0.273 e. The van der Waals surface area contributed by atoms with E-state index >= 15 is 0 Å². The first-order valence-corrected chi connectivity index (χ1v) is 11.4. The number of benzene rings is 2. The molecule has 152 valence electrons. The molecular weight excluding hydrogens is 438 g/mol. The Morgan fingerprint density at radius 1 is 0.967 bits per heavy atom. The summed E-state index contributed by atoms with van der Waals surface area (Å²) in [6, 6.07) is 18.0. The van der Waals surface area contributed by atoms with E-state index in [0.717, 1.165) is 9.77 Å². The number of nitrogens with zero attached hydrogens (tertiary/aromatic N) is 1. The maximum atomic E-state index is 13.5. The highest BCUT2D eigenvalue weighted by Gasteiger charge is 2.42. The number of anilines is 1. The maximum absolute atomic E-state index is 13.5. The highest BCUT2D eigenvalue weighted by Crippen LogP contribution is 2.44. The molecule has 4 rings (SSSR count). The summed E-state index contributed by atoms with van der Waals surface area (Å²) in [6.45, 7) is 3.81. The lowest BCUT2D eigenvalue weighted by molar-refractivity contribution is -0.119. The highest BCUT2D eigenvalue weighted by atomic mass is 35.5. The number of thioether (sulfide) groups is 1. The molecule has 0 unspecified atom stereocenters. The predicted octanol–water partition coefficient (Wildman–Crippen LogP) is 6.27. The molecule has 7 heteroatoms. The van der Waals surface area contributed by atoms with E-state index < -0.39 is 0 Å². The van der Waals surface area contributed by atoms with E-state index in [-0.39, 0.29) is 17.9 Å². The molecule has 0 saturated carbocycles. The van der Waals surface area contributed by atoms with Gasteiger partial charge in [-0.05, 0) is 61.7 Å². The van der Waals surface area contributed by atoms with Crippen molar-refractivity contribution in [3.8, 4) is 5.75 Å². The van der Waals surface area contributed by atoms with Crippen LogP contribution in [-0.4, -0.2) is 17.9 Å². The van der Waals surface area contributed by atoms with E-state index in [9.17, 15) is 9.59 Å². The number of rotatable bonds is 6. The average Bonchev–Trinajstić information content (AvgIpc) is 3.31. The Labute approximate surface area is 188 Å². The molecule has 0 aliphatic carbocycles. The van der Waals surface area contributed by atoms with E-state index in [2.05, 4.69) is 0 Å². The largest absolute Gasteiger partial charge is 0.489 e. The first-order valence-electron chi connectivity index (χ1n) is 9.31. The third-order valence-electron chi connectivity index (χ3n) is 4.31. The van der Waals surface area contributed by atoms with Crippen molar-refractivity contribution in [3.05, 3.63) is 80.8 Å². The van der Waals surface area contributed by atoms with Crippen LogP contribution in [0.1, 0.15) is 18.7 Å². The van der Waals surface area contributed by atoms with Crippen LogP contribution in [0.4, 0.5) is 5.69 Å². The van der Waals surface area contributed by atoms with Crippen molar-refractivity contribution in [1.29, 1.82) is 0 Å². The number of imide groups is 1. The Hall–Kier alpha value is -2.54. The monoisotopic (exact) mass is 455 g/mol. The van der Waals surface area contributed by atoms with Gasteiger partial charge in [0.05, 0.1) is 22.3 Å². The Morgan fingerprint density at radius 2 is 1.70 bits per heavy atom. The standard InChI is InChI=1S/C23H18ClNO3S2/c1-14(2)28-18-7-4-3-6-17(18)25-22(26)20(19-8-5-13-29-19)21(23(25)27)30-16-11-9-15(24)10-12-16/h3-14H,1-2H3. The zero-order chi connectivity index (χ0) is 21.3. The minimum Gasteiger partial charge on any atom is -0.489 e. The fourth-order valence-corrected chi connectivity index (χ4v) is 5.02. The summed E-state index contributed by atoms with van der Waals surface area (Å²) in [6.07, 6.45) is -0.0911. The van der Waals surface area contributed by atoms with Crippen LogP contribution in [-0.2, 0) is 9.59 Å². The van der Waals surface area contributed by atoms with Gasteiger partial charge in [0.15, 0.2) is 0 Å². The van der Waals surface area contributed by atoms with Crippen molar-refractivity contribution in [3.63, 3.8) is 0 Å². The fourth-order valence-electron chi connectivity index (χ4n) is 3.08. The minimum atomic E-state index is -0.358. The molecule has 1 aromatic heterocycles. The van der Waals surface area contributed by atoms with Gasteiger partial charge in [0.25, 0.3) is 11.8 Å². The quantitative estimate of drug-likeness (QED) is 0.411. The molecule has 30 heavy (non-hydrogen) atoms. The summed E-state index contributed by atoms with van der Waals surface area (Å²) in [5.41, 5.74) is 0.858. The van der Waals surface area contributed by atoms with E-state index in [1.165, 1.54) is 28.0 Å². The van der Waals surface area contributed by atoms with Gasteiger partial charge in [-0.2, -0.15) is 0 Å². The fraction of sp³-hybridized carbons (Fsp3) is 0.130. The molecule has 2 heterocycles. The van der Waals surface area contributed by atoms with Gasteiger partial charge in [0.1, 0.15) is 5.75 Å². The lowest BCUT2D eigenvalue weighted by Gasteiger charge is -2.20. The lowest BCUT2D eigenvalue weighted by atomic mass is 10.2. The summed E-state index contributed by atoms with van der Waals surface area (Å²) >= 11 is 8.69. The summed E-state index contributed by atoms with van der Waals surface area (Å²) in [4.78, 5) is 30.1. The zero-order valence-corrected chi connectivity index (χ0v) is 18.7. The summed E-state index contributed by atoms with van der Waals surface area (Å²) < 4.78 is 5.86. The van der Waals surface area contributed by atoms with Gasteiger partial charge in [-0.1, -0.05) is 41.6 Å². The van der Waals surface area contributed by atoms with Gasteiger partial charge in [-0.15, -0.1) is 11.3 Å². The molecule has 0 radical (unpaired) electrons. The summed E-state index contributed by atoms with van der Waals surface area (Å²) in [5, 5.41) is 2.50. The van der Waals surface area contributed by atoms with Gasteiger partial charge >= 0.3 is 0 Å². The second kappa shape index (κ2) is 8.68. The van der Waals surface area contributed by atoms with Crippen LogP contribution >= 0.6 is 34.7 Å². The van der Waals surface area contributed by atoms with Gasteiger partial charge < -0.3 is 4.74 Å².